The zero-order valence-corrected chi connectivity index (χ0v) is 19.5. The van der Waals surface area contributed by atoms with Gasteiger partial charge in [0, 0.05) is 36.3 Å². The number of amides is 1. The Kier molecular flexibility index (Phi) is 7.51. The summed E-state index contributed by atoms with van der Waals surface area (Å²) in [4.78, 5) is 15.4. The average molecular weight is 496 g/mol. The molecule has 30 heavy (non-hydrogen) atoms. The second kappa shape index (κ2) is 9.91. The normalized spacial score (nSPS) is 14.7. The third-order valence-electron chi connectivity index (χ3n) is 5.03. The van der Waals surface area contributed by atoms with E-state index < -0.39 is 10.0 Å². The van der Waals surface area contributed by atoms with Crippen LogP contribution in [0.4, 0.5) is 11.4 Å². The van der Waals surface area contributed by atoms with E-state index >= 15 is 0 Å². The summed E-state index contributed by atoms with van der Waals surface area (Å²) in [7, 11) is -3.68. The van der Waals surface area contributed by atoms with Crippen molar-refractivity contribution >= 4 is 43.2 Å². The summed E-state index contributed by atoms with van der Waals surface area (Å²) in [6.07, 6.45) is 0. The molecule has 0 atom stereocenters. The first kappa shape index (κ1) is 22.7. The van der Waals surface area contributed by atoms with Gasteiger partial charge in [-0.05, 0) is 46.3 Å². The molecule has 1 aliphatic rings. The van der Waals surface area contributed by atoms with E-state index in [0.717, 1.165) is 4.47 Å². The Labute approximate surface area is 186 Å². The molecule has 0 unspecified atom stereocenters. The molecular weight excluding hydrogens is 470 g/mol. The third-order valence-corrected chi connectivity index (χ3v) is 7.77. The summed E-state index contributed by atoms with van der Waals surface area (Å²) < 4.78 is 33.6. The van der Waals surface area contributed by atoms with Crippen LogP contribution in [0.25, 0.3) is 0 Å². The topological polar surface area (TPSA) is 79.0 Å². The van der Waals surface area contributed by atoms with E-state index in [9.17, 15) is 13.2 Å². The molecule has 1 heterocycles. The number of ether oxygens (including phenoxy) is 1. The highest BCUT2D eigenvalue weighted by Gasteiger charge is 2.26. The van der Waals surface area contributed by atoms with Gasteiger partial charge in [0.05, 0.1) is 29.4 Å². The number of carbonyl (C=O) groups excluding carboxylic acids is 1. The monoisotopic (exact) mass is 495 g/mol. The molecule has 1 saturated heterocycles. The molecule has 0 bridgehead atoms. The van der Waals surface area contributed by atoms with Crippen LogP contribution in [0.3, 0.4) is 0 Å². The van der Waals surface area contributed by atoms with Crippen molar-refractivity contribution in [2.45, 2.75) is 18.7 Å². The number of anilines is 2. The predicted molar refractivity (Wildman–Crippen MR) is 122 cm³/mol. The van der Waals surface area contributed by atoms with Gasteiger partial charge < -0.3 is 15.0 Å². The predicted octanol–water partition coefficient (Wildman–Crippen LogP) is 3.57. The van der Waals surface area contributed by atoms with Crippen LogP contribution in [-0.4, -0.2) is 58.0 Å². The number of morpholine rings is 1. The van der Waals surface area contributed by atoms with Crippen molar-refractivity contribution in [3.63, 3.8) is 0 Å². The highest BCUT2D eigenvalue weighted by atomic mass is 79.9. The van der Waals surface area contributed by atoms with Gasteiger partial charge >= 0.3 is 0 Å². The van der Waals surface area contributed by atoms with Crippen molar-refractivity contribution in [2.24, 2.45) is 0 Å². The summed E-state index contributed by atoms with van der Waals surface area (Å²) in [5, 5.41) is 2.89. The number of nitrogens with one attached hydrogen (secondary N) is 1. The van der Waals surface area contributed by atoms with Gasteiger partial charge in [-0.15, -0.1) is 0 Å². The van der Waals surface area contributed by atoms with Crippen LogP contribution in [0.2, 0.25) is 0 Å². The zero-order chi connectivity index (χ0) is 21.7. The first-order valence-electron chi connectivity index (χ1n) is 9.91. The summed E-state index contributed by atoms with van der Waals surface area (Å²) in [6, 6.07) is 12.1. The van der Waals surface area contributed by atoms with Crippen LogP contribution in [0.5, 0.6) is 0 Å². The van der Waals surface area contributed by atoms with Crippen LogP contribution in [0, 0.1) is 0 Å². The molecule has 9 heteroatoms. The minimum atomic E-state index is -3.68. The number of sulfonamides is 1. The molecule has 1 aliphatic heterocycles. The van der Waals surface area contributed by atoms with E-state index in [1.807, 2.05) is 23.1 Å². The quantitative estimate of drug-likeness (QED) is 0.634. The lowest BCUT2D eigenvalue weighted by atomic mass is 10.1. The fraction of sp³-hybridized carbons (Fsp3) is 0.381. The molecule has 0 aromatic heterocycles. The van der Waals surface area contributed by atoms with Crippen molar-refractivity contribution in [2.75, 3.05) is 49.6 Å². The van der Waals surface area contributed by atoms with Crippen LogP contribution in [-0.2, 0) is 14.8 Å². The molecule has 0 spiro atoms. The van der Waals surface area contributed by atoms with Crippen molar-refractivity contribution in [3.05, 3.63) is 52.5 Å². The van der Waals surface area contributed by atoms with Gasteiger partial charge in [0.1, 0.15) is 0 Å². The van der Waals surface area contributed by atoms with E-state index in [1.165, 1.54) is 10.4 Å². The summed E-state index contributed by atoms with van der Waals surface area (Å²) in [5.74, 6) is -0.361. The van der Waals surface area contributed by atoms with E-state index in [-0.39, 0.29) is 10.8 Å². The summed E-state index contributed by atoms with van der Waals surface area (Å²) in [6.45, 7) is 6.71. The number of hydrogen-bond acceptors (Lipinski definition) is 5. The lowest BCUT2D eigenvalue weighted by molar-refractivity contribution is 0.102. The fourth-order valence-electron chi connectivity index (χ4n) is 3.40. The Hall–Kier alpha value is -1.94. The first-order chi connectivity index (χ1) is 14.4. The van der Waals surface area contributed by atoms with Gasteiger partial charge in [-0.1, -0.05) is 26.0 Å². The van der Waals surface area contributed by atoms with Gasteiger partial charge in [0.15, 0.2) is 0 Å². The summed E-state index contributed by atoms with van der Waals surface area (Å²) in [5.41, 5.74) is 1.63. The van der Waals surface area contributed by atoms with Gasteiger partial charge in [0.25, 0.3) is 5.91 Å². The number of halogens is 1. The smallest absolute Gasteiger partial charge is 0.257 e. The molecule has 0 saturated carbocycles. The third kappa shape index (κ3) is 4.85. The molecule has 1 amide bonds. The second-order valence-electron chi connectivity index (χ2n) is 6.80. The molecule has 3 rings (SSSR count). The van der Waals surface area contributed by atoms with Crippen molar-refractivity contribution in [1.82, 2.24) is 4.31 Å². The van der Waals surface area contributed by atoms with Crippen molar-refractivity contribution in [3.8, 4) is 0 Å². The number of benzene rings is 2. The molecule has 2 aromatic carbocycles. The molecule has 2 aromatic rings. The van der Waals surface area contributed by atoms with Gasteiger partial charge in [-0.2, -0.15) is 4.31 Å². The van der Waals surface area contributed by atoms with E-state index in [2.05, 4.69) is 21.2 Å². The van der Waals surface area contributed by atoms with E-state index in [1.54, 1.807) is 32.0 Å². The fourth-order valence-corrected chi connectivity index (χ4v) is 5.27. The molecule has 1 N–H and O–H groups in total. The highest BCUT2D eigenvalue weighted by molar-refractivity contribution is 9.10. The Morgan fingerprint density at radius 3 is 2.43 bits per heavy atom. The van der Waals surface area contributed by atoms with Crippen LogP contribution < -0.4 is 10.2 Å². The standard InChI is InChI=1S/C21H26BrN3O4S/c1-3-25(4-2)30(27,28)16-9-10-20(24-11-13-29-14-12-24)17(15-16)21(26)23-19-8-6-5-7-18(19)22/h5-10,15H,3-4,11-14H2,1-2H3,(H,23,26). The van der Waals surface area contributed by atoms with Gasteiger partial charge in [-0.25, -0.2) is 8.42 Å². The van der Waals surface area contributed by atoms with Crippen LogP contribution in [0.1, 0.15) is 24.2 Å². The Morgan fingerprint density at radius 2 is 1.80 bits per heavy atom. The minimum Gasteiger partial charge on any atom is -0.378 e. The number of carbonyl (C=O) groups is 1. The van der Waals surface area contributed by atoms with Crippen molar-refractivity contribution < 1.29 is 17.9 Å². The molecule has 162 valence electrons. The van der Waals surface area contributed by atoms with Gasteiger partial charge in [0.2, 0.25) is 10.0 Å². The van der Waals surface area contributed by atoms with Crippen molar-refractivity contribution in [1.29, 1.82) is 0 Å². The number of rotatable bonds is 7. The van der Waals surface area contributed by atoms with Crippen LogP contribution in [0.15, 0.2) is 51.8 Å². The number of hydrogen-bond donors (Lipinski definition) is 1. The SMILES string of the molecule is CCN(CC)S(=O)(=O)c1ccc(N2CCOCC2)c(C(=O)Nc2ccccc2Br)c1. The van der Waals surface area contributed by atoms with E-state index in [0.29, 0.717) is 56.3 Å². The Balaban J connectivity index is 2.04. The molecule has 1 fully saturated rings. The molecule has 7 nitrogen and oxygen atoms in total. The maximum atomic E-state index is 13.2. The lowest BCUT2D eigenvalue weighted by Crippen LogP contribution is -2.37. The first-order valence-corrected chi connectivity index (χ1v) is 12.1. The average Bonchev–Trinajstić information content (AvgIpc) is 2.76. The molecule has 0 aliphatic carbocycles. The Bertz CT molecular complexity index is 1000. The second-order valence-corrected chi connectivity index (χ2v) is 9.59. The van der Waals surface area contributed by atoms with Crippen LogP contribution >= 0.6 is 15.9 Å². The maximum Gasteiger partial charge on any atom is 0.257 e. The maximum absolute atomic E-state index is 13.2. The Morgan fingerprint density at radius 1 is 1.13 bits per heavy atom. The molecular formula is C21H26BrN3O4S. The number of nitrogens with zero attached hydrogens (tertiary/aromatic N) is 2. The zero-order valence-electron chi connectivity index (χ0n) is 17.1. The van der Waals surface area contributed by atoms with Gasteiger partial charge in [-0.3, -0.25) is 4.79 Å². The minimum absolute atomic E-state index is 0.112. The summed E-state index contributed by atoms with van der Waals surface area (Å²) >= 11 is 3.43. The number of para-hydroxylation sites is 1. The largest absolute Gasteiger partial charge is 0.378 e. The highest BCUT2D eigenvalue weighted by Crippen LogP contribution is 2.29. The lowest BCUT2D eigenvalue weighted by Gasteiger charge is -2.30. The molecule has 0 radical (unpaired) electrons. The van der Waals surface area contributed by atoms with E-state index in [4.69, 9.17) is 4.74 Å².